The van der Waals surface area contributed by atoms with Crippen LogP contribution in [0.25, 0.3) is 0 Å². The van der Waals surface area contributed by atoms with Crippen LogP contribution in [0.2, 0.25) is 12.1 Å². The molecule has 0 aliphatic carbocycles. The van der Waals surface area contributed by atoms with E-state index >= 15 is 0 Å². The molecule has 7 nitrogen and oxygen atoms in total. The molecule has 0 heterocycles. The van der Waals surface area contributed by atoms with Crippen molar-refractivity contribution in [3.05, 3.63) is 0 Å². The molecule has 0 aliphatic rings. The van der Waals surface area contributed by atoms with E-state index in [0.717, 1.165) is 76.5 Å². The van der Waals surface area contributed by atoms with Gasteiger partial charge in [-0.2, -0.15) is 0 Å². The van der Waals surface area contributed by atoms with Crippen LogP contribution in [-0.4, -0.2) is 70.3 Å². The highest BCUT2D eigenvalue weighted by Crippen LogP contribution is 2.21. The molecule has 1 N–H and O–H groups in total. The van der Waals surface area contributed by atoms with Crippen molar-refractivity contribution in [3.8, 4) is 0 Å². The molecule has 9 heteroatoms. The number of rotatable bonds is 26. The lowest BCUT2D eigenvalue weighted by Gasteiger charge is -2.30. The average molecular weight is 510 g/mol. The summed E-state index contributed by atoms with van der Waals surface area (Å²) in [4.78, 5) is 0. The van der Waals surface area contributed by atoms with Gasteiger partial charge in [-0.1, -0.05) is 41.5 Å². The lowest BCUT2D eigenvalue weighted by Crippen LogP contribution is -2.47. The van der Waals surface area contributed by atoms with Gasteiger partial charge in [0.2, 0.25) is 0 Å². The van der Waals surface area contributed by atoms with E-state index in [-0.39, 0.29) is 0 Å². The molecule has 0 atom stereocenters. The smallest absolute Gasteiger partial charge is 0.373 e. The van der Waals surface area contributed by atoms with E-state index in [2.05, 4.69) is 46.9 Å². The van der Waals surface area contributed by atoms with E-state index in [1.807, 2.05) is 0 Å². The average Bonchev–Trinajstić information content (AvgIpc) is 2.84. The van der Waals surface area contributed by atoms with Crippen molar-refractivity contribution in [2.24, 2.45) is 0 Å². The van der Waals surface area contributed by atoms with E-state index < -0.39 is 17.6 Å². The van der Waals surface area contributed by atoms with E-state index in [1.165, 1.54) is 0 Å². The highest BCUT2D eigenvalue weighted by Gasteiger charge is 2.41. The second-order valence-electron chi connectivity index (χ2n) is 8.41. The largest absolute Gasteiger partial charge is 0.501 e. The van der Waals surface area contributed by atoms with E-state index in [4.69, 9.17) is 26.6 Å². The van der Waals surface area contributed by atoms with E-state index in [9.17, 15) is 0 Å². The summed E-state index contributed by atoms with van der Waals surface area (Å²) in [5, 5.41) is 3.58. The Bertz CT molecular complexity index is 341. The minimum absolute atomic E-state index is 0.701. The van der Waals surface area contributed by atoms with Gasteiger partial charge in [0.15, 0.2) is 0 Å². The van der Waals surface area contributed by atoms with Crippen LogP contribution in [0.5, 0.6) is 0 Å². The molecular formula is C24H55NO6Si2. The molecule has 0 spiro atoms. The molecular weight excluding hydrogens is 454 g/mol. The fourth-order valence-corrected chi connectivity index (χ4v) is 8.89. The first kappa shape index (κ1) is 33.2. The summed E-state index contributed by atoms with van der Waals surface area (Å²) >= 11 is 0. The molecule has 200 valence electrons. The first-order valence-corrected chi connectivity index (χ1v) is 17.5. The molecule has 0 radical (unpaired) electrons. The van der Waals surface area contributed by atoms with Crippen molar-refractivity contribution in [3.63, 3.8) is 0 Å². The van der Waals surface area contributed by atoms with Gasteiger partial charge in [-0.25, -0.2) is 0 Å². The third-order valence-electron chi connectivity index (χ3n) is 4.83. The second kappa shape index (κ2) is 22.6. The highest BCUT2D eigenvalue weighted by molar-refractivity contribution is 6.61. The van der Waals surface area contributed by atoms with Gasteiger partial charge < -0.3 is 31.9 Å². The summed E-state index contributed by atoms with van der Waals surface area (Å²) in [7, 11) is -5.19. The Balaban J connectivity index is 4.60. The summed E-state index contributed by atoms with van der Waals surface area (Å²) in [6.07, 6.45) is 7.82. The van der Waals surface area contributed by atoms with Crippen LogP contribution in [0.1, 0.15) is 92.9 Å². The Morgan fingerprint density at radius 2 is 0.667 bits per heavy atom. The first-order chi connectivity index (χ1) is 16.1. The molecule has 0 unspecified atom stereocenters. The van der Waals surface area contributed by atoms with Crippen LogP contribution >= 0.6 is 0 Å². The normalized spacial score (nSPS) is 12.5. The molecule has 0 aromatic carbocycles. The van der Waals surface area contributed by atoms with Crippen LogP contribution in [0.15, 0.2) is 0 Å². The maximum absolute atomic E-state index is 6.19. The molecule has 0 aliphatic heterocycles. The third kappa shape index (κ3) is 16.5. The zero-order valence-corrected chi connectivity index (χ0v) is 24.7. The standard InChI is InChI=1S/C24H55NO6Si2/c1-7-17-26-32(27-18-8-2,28-19-9-3)23-13-15-25-16-14-24-33(29-20-10-4,30-21-11-5)31-22-12-6/h25H,7-24H2,1-6H3. The third-order valence-corrected chi connectivity index (χ3v) is 10.6. The van der Waals surface area contributed by atoms with Crippen molar-refractivity contribution in [1.82, 2.24) is 5.32 Å². The lowest BCUT2D eigenvalue weighted by atomic mass is 10.4. The number of hydrogen-bond donors (Lipinski definition) is 1. The maximum atomic E-state index is 6.19. The van der Waals surface area contributed by atoms with E-state index in [1.54, 1.807) is 0 Å². The lowest BCUT2D eigenvalue weighted by molar-refractivity contribution is 0.0586. The van der Waals surface area contributed by atoms with Crippen molar-refractivity contribution in [2.75, 3.05) is 52.7 Å². The Morgan fingerprint density at radius 3 is 0.879 bits per heavy atom. The summed E-state index contributed by atoms with van der Waals surface area (Å²) in [5.74, 6) is 0. The van der Waals surface area contributed by atoms with Gasteiger partial charge >= 0.3 is 17.6 Å². The van der Waals surface area contributed by atoms with Gasteiger partial charge in [-0.05, 0) is 64.5 Å². The fraction of sp³-hybridized carbons (Fsp3) is 1.00. The highest BCUT2D eigenvalue weighted by atomic mass is 28.4. The second-order valence-corrected chi connectivity index (χ2v) is 13.9. The SMILES string of the molecule is CCCO[Si](CCCNCCC[Si](OCCC)(OCCC)OCCC)(OCCC)OCCC. The Labute approximate surface area is 207 Å². The monoisotopic (exact) mass is 509 g/mol. The Hall–Kier alpha value is 0.154. The zero-order valence-electron chi connectivity index (χ0n) is 22.7. The molecule has 0 aromatic rings. The predicted molar refractivity (Wildman–Crippen MR) is 141 cm³/mol. The molecule has 0 amide bonds. The topological polar surface area (TPSA) is 67.4 Å². The van der Waals surface area contributed by atoms with Crippen LogP contribution in [0.4, 0.5) is 0 Å². The minimum Gasteiger partial charge on any atom is -0.373 e. The molecule has 33 heavy (non-hydrogen) atoms. The summed E-state index contributed by atoms with van der Waals surface area (Å²) in [5.41, 5.74) is 0. The van der Waals surface area contributed by atoms with Gasteiger partial charge in [-0.3, -0.25) is 0 Å². The van der Waals surface area contributed by atoms with Crippen molar-refractivity contribution < 1.29 is 26.6 Å². The van der Waals surface area contributed by atoms with Gasteiger partial charge in [-0.15, -0.1) is 0 Å². The first-order valence-electron chi connectivity index (χ1n) is 13.6. The van der Waals surface area contributed by atoms with Gasteiger partial charge in [0.05, 0.1) is 0 Å². The number of hydrogen-bond acceptors (Lipinski definition) is 7. The molecule has 0 bridgehead atoms. The van der Waals surface area contributed by atoms with Crippen molar-refractivity contribution in [2.45, 2.75) is 105 Å². The molecule has 0 fully saturated rings. The molecule has 0 saturated carbocycles. The zero-order chi connectivity index (χ0) is 24.7. The predicted octanol–water partition coefficient (Wildman–Crippen LogP) is 5.79. The Morgan fingerprint density at radius 1 is 0.424 bits per heavy atom. The van der Waals surface area contributed by atoms with Crippen LogP contribution < -0.4 is 5.32 Å². The summed E-state index contributed by atoms with van der Waals surface area (Å²) < 4.78 is 37.1. The number of nitrogens with one attached hydrogen (secondary N) is 1. The molecule has 0 rings (SSSR count). The van der Waals surface area contributed by atoms with Crippen LogP contribution in [0.3, 0.4) is 0 Å². The van der Waals surface area contributed by atoms with Gasteiger partial charge in [0, 0.05) is 51.7 Å². The summed E-state index contributed by atoms with van der Waals surface area (Å²) in [6.45, 7) is 18.8. The minimum atomic E-state index is -2.59. The fourth-order valence-electron chi connectivity index (χ4n) is 3.21. The van der Waals surface area contributed by atoms with Crippen molar-refractivity contribution in [1.29, 1.82) is 0 Å². The van der Waals surface area contributed by atoms with Gasteiger partial charge in [0.25, 0.3) is 0 Å². The van der Waals surface area contributed by atoms with E-state index in [0.29, 0.717) is 39.6 Å². The summed E-state index contributed by atoms with van der Waals surface area (Å²) in [6, 6.07) is 1.72. The van der Waals surface area contributed by atoms with Crippen LogP contribution in [-0.2, 0) is 26.6 Å². The van der Waals surface area contributed by atoms with Crippen LogP contribution in [0, 0.1) is 0 Å². The molecule has 0 aromatic heterocycles. The maximum Gasteiger partial charge on any atom is 0.501 e. The van der Waals surface area contributed by atoms with Crippen molar-refractivity contribution >= 4 is 17.6 Å². The Kier molecular flexibility index (Phi) is 22.7. The van der Waals surface area contributed by atoms with Gasteiger partial charge in [0.1, 0.15) is 0 Å². The molecule has 0 saturated heterocycles. The quantitative estimate of drug-likeness (QED) is 0.117.